The molecule has 0 saturated heterocycles. The van der Waals surface area contributed by atoms with Crippen molar-refractivity contribution >= 4 is 59.1 Å². The molecule has 0 spiro atoms. The molecule has 0 bridgehead atoms. The van der Waals surface area contributed by atoms with Crippen LogP contribution in [0.4, 0.5) is 0 Å². The number of aliphatic hydroxyl groups is 2. The molecule has 72 heavy (non-hydrogen) atoms. The maximum atomic E-state index is 14.0. The van der Waals surface area contributed by atoms with E-state index < -0.39 is 127 Å². The summed E-state index contributed by atoms with van der Waals surface area (Å²) in [5.74, 6) is -8.15. The van der Waals surface area contributed by atoms with E-state index in [0.29, 0.717) is 12.8 Å². The van der Waals surface area contributed by atoms with E-state index in [-0.39, 0.29) is 89.0 Å². The van der Waals surface area contributed by atoms with E-state index in [9.17, 15) is 58.2 Å². The van der Waals surface area contributed by atoms with Crippen molar-refractivity contribution in [1.29, 1.82) is 0 Å². The first-order valence-corrected chi connectivity index (χ1v) is 25.1. The van der Waals surface area contributed by atoms with E-state index in [1.165, 1.54) is 6.92 Å². The van der Waals surface area contributed by atoms with Gasteiger partial charge in [-0.2, -0.15) is 0 Å². The molecule has 0 aromatic rings. The summed E-state index contributed by atoms with van der Waals surface area (Å²) < 4.78 is 0. The Bertz CT molecular complexity index is 1770. The van der Waals surface area contributed by atoms with Gasteiger partial charge in [0.25, 0.3) is 0 Å². The van der Waals surface area contributed by atoms with Gasteiger partial charge in [0, 0.05) is 6.54 Å². The summed E-state index contributed by atoms with van der Waals surface area (Å²) in [4.78, 5) is 132. The number of carbonyl (C=O) groups is 10. The molecule has 26 nitrogen and oxygen atoms in total. The van der Waals surface area contributed by atoms with Crippen molar-refractivity contribution < 1.29 is 58.2 Å². The van der Waals surface area contributed by atoms with Crippen molar-refractivity contribution in [3.63, 3.8) is 0 Å². The summed E-state index contributed by atoms with van der Waals surface area (Å²) in [5.41, 5.74) is 23.0. The fourth-order valence-electron chi connectivity index (χ4n) is 7.90. The highest BCUT2D eigenvalue weighted by Gasteiger charge is 2.35. The van der Waals surface area contributed by atoms with Crippen molar-refractivity contribution in [3.8, 4) is 0 Å². The number of rotatable bonds is 34. The maximum Gasteiger partial charge on any atom is 0.249 e. The van der Waals surface area contributed by atoms with Gasteiger partial charge in [-0.1, -0.05) is 47.0 Å². The molecule has 20 N–H and O–H groups in total. The Kier molecular flexibility index (Phi) is 31.1. The van der Waals surface area contributed by atoms with E-state index in [1.54, 1.807) is 34.6 Å². The van der Waals surface area contributed by atoms with Crippen LogP contribution in [0.2, 0.25) is 0 Å². The molecule has 1 aliphatic rings. The zero-order valence-corrected chi connectivity index (χ0v) is 42.9. The van der Waals surface area contributed by atoms with E-state index in [2.05, 4.69) is 53.2 Å². The molecule has 1 saturated carbocycles. The standard InChI is InChI=1S/C46H86N14O12/c1-7-51-45(71)37(27(6)61)60-42(68)32(16-20-50)56-41(67)31(15-19-49)57-43(69)33(21-25(2)3)59-44(70)34(22-26(4)5)58-40(66)30(14-18-48)55-35(62)23-52-39(65)29(13-17-47)54-36(63)24-53-46(72)38(64)28-11-9-8-10-12-28/h25-34,37-38,61,64H,7-24,47-50H2,1-6H3,(H,51,71)(H,52,65)(H,53,72)(H,54,63)(H,55,62)(H,56,67)(H,57,69)(H,58,66)(H,59,70)(H,60,68)/t27?,29-,30-,31-,32-,33-,34+,37?,38?/m0/s1. The van der Waals surface area contributed by atoms with Crippen LogP contribution in [0, 0.1) is 17.8 Å². The normalized spacial score (nSPS) is 16.5. The van der Waals surface area contributed by atoms with Gasteiger partial charge in [0.15, 0.2) is 0 Å². The van der Waals surface area contributed by atoms with Crippen LogP contribution >= 0.6 is 0 Å². The van der Waals surface area contributed by atoms with Crippen molar-refractivity contribution in [3.05, 3.63) is 0 Å². The predicted octanol–water partition coefficient (Wildman–Crippen LogP) is -5.44. The molecule has 0 aromatic heterocycles. The highest BCUT2D eigenvalue weighted by molar-refractivity contribution is 5.98. The zero-order chi connectivity index (χ0) is 54.5. The lowest BCUT2D eigenvalue weighted by Gasteiger charge is -2.28. The summed E-state index contributed by atoms with van der Waals surface area (Å²) in [5, 5.41) is 45.7. The summed E-state index contributed by atoms with van der Waals surface area (Å²) in [6.45, 7) is 9.00. The SMILES string of the molecule is CCNC(=O)C(NC(=O)[C@H](CCN)NC(=O)[C@H](CCN)NC(=O)[C@H](CC(C)C)NC(=O)[C@@H](CC(C)C)NC(=O)[C@H](CCN)NC(=O)CNC(=O)[C@H](CCN)NC(=O)CNC(=O)C(O)C1CCCCC1)C(C)O. The smallest absolute Gasteiger partial charge is 0.249 e. The van der Waals surface area contributed by atoms with Crippen LogP contribution in [-0.4, -0.2) is 170 Å². The molecular formula is C46H86N14O12. The first-order chi connectivity index (χ1) is 34.0. The largest absolute Gasteiger partial charge is 0.391 e. The number of likely N-dealkylation sites (N-methyl/N-ethyl adjacent to an activating group) is 1. The average molecular weight is 1030 g/mol. The van der Waals surface area contributed by atoms with Crippen molar-refractivity contribution in [1.82, 2.24) is 53.2 Å². The van der Waals surface area contributed by atoms with Gasteiger partial charge in [-0.15, -0.1) is 0 Å². The fraction of sp³-hybridized carbons (Fsp3) is 0.783. The second-order valence-corrected chi connectivity index (χ2v) is 19.0. The van der Waals surface area contributed by atoms with Crippen LogP contribution in [0.3, 0.4) is 0 Å². The third-order valence-electron chi connectivity index (χ3n) is 11.7. The minimum Gasteiger partial charge on any atom is -0.391 e. The molecule has 412 valence electrons. The monoisotopic (exact) mass is 1030 g/mol. The highest BCUT2D eigenvalue weighted by atomic mass is 16.3. The molecule has 26 heteroatoms. The fourth-order valence-corrected chi connectivity index (χ4v) is 7.90. The molecule has 0 aliphatic heterocycles. The Morgan fingerprint density at radius 2 is 0.792 bits per heavy atom. The number of aliphatic hydroxyl groups excluding tert-OH is 2. The van der Waals surface area contributed by atoms with E-state index >= 15 is 0 Å². The van der Waals surface area contributed by atoms with Crippen molar-refractivity contribution in [2.24, 2.45) is 40.7 Å². The van der Waals surface area contributed by atoms with Crippen LogP contribution in [0.15, 0.2) is 0 Å². The van der Waals surface area contributed by atoms with Gasteiger partial charge in [0.2, 0.25) is 59.1 Å². The van der Waals surface area contributed by atoms with E-state index in [1.807, 2.05) is 0 Å². The van der Waals surface area contributed by atoms with E-state index in [0.717, 1.165) is 19.3 Å². The highest BCUT2D eigenvalue weighted by Crippen LogP contribution is 2.26. The zero-order valence-electron chi connectivity index (χ0n) is 42.9. The molecular weight excluding hydrogens is 941 g/mol. The van der Waals surface area contributed by atoms with Gasteiger partial charge in [0.1, 0.15) is 48.4 Å². The number of nitrogens with one attached hydrogen (secondary N) is 10. The molecule has 0 radical (unpaired) electrons. The van der Waals surface area contributed by atoms with Gasteiger partial charge in [0.05, 0.1) is 19.2 Å². The Balaban J connectivity index is 3.08. The lowest BCUT2D eigenvalue weighted by molar-refractivity contribution is -0.136. The number of amides is 10. The Morgan fingerprint density at radius 1 is 0.444 bits per heavy atom. The van der Waals surface area contributed by atoms with E-state index in [4.69, 9.17) is 22.9 Å². The first-order valence-electron chi connectivity index (χ1n) is 25.1. The Morgan fingerprint density at radius 3 is 1.17 bits per heavy atom. The van der Waals surface area contributed by atoms with Gasteiger partial charge in [-0.05, 0) is 109 Å². The lowest BCUT2D eigenvalue weighted by atomic mass is 9.85. The molecule has 10 amide bonds. The Labute approximate surface area is 422 Å². The maximum absolute atomic E-state index is 14.0. The third kappa shape index (κ3) is 24.3. The number of nitrogens with two attached hydrogens (primary N) is 4. The molecule has 0 heterocycles. The molecule has 1 rings (SSSR count). The summed E-state index contributed by atoms with van der Waals surface area (Å²) >= 11 is 0. The second kappa shape index (κ2) is 34.8. The summed E-state index contributed by atoms with van der Waals surface area (Å²) in [7, 11) is 0. The quantitative estimate of drug-likeness (QED) is 0.0286. The minimum absolute atomic E-state index is 0.0240. The third-order valence-corrected chi connectivity index (χ3v) is 11.7. The van der Waals surface area contributed by atoms with Crippen LogP contribution < -0.4 is 76.1 Å². The first kappa shape index (κ1) is 64.5. The summed E-state index contributed by atoms with van der Waals surface area (Å²) in [6.07, 6.45) is 1.60. The molecule has 1 aliphatic carbocycles. The summed E-state index contributed by atoms with van der Waals surface area (Å²) in [6, 6.07) is -8.86. The van der Waals surface area contributed by atoms with Crippen LogP contribution in [0.1, 0.15) is 112 Å². The number of carbonyl (C=O) groups excluding carboxylic acids is 10. The van der Waals surface area contributed by atoms with Crippen LogP contribution in [0.25, 0.3) is 0 Å². The second-order valence-electron chi connectivity index (χ2n) is 19.0. The van der Waals surface area contributed by atoms with Crippen LogP contribution in [-0.2, 0) is 47.9 Å². The van der Waals surface area contributed by atoms with Crippen LogP contribution in [0.5, 0.6) is 0 Å². The van der Waals surface area contributed by atoms with Gasteiger partial charge < -0.3 is 86.3 Å². The van der Waals surface area contributed by atoms with Crippen molar-refractivity contribution in [2.45, 2.75) is 167 Å². The molecule has 3 unspecified atom stereocenters. The predicted molar refractivity (Wildman–Crippen MR) is 266 cm³/mol. The minimum atomic E-state index is -1.34. The lowest BCUT2D eigenvalue weighted by Crippen LogP contribution is -2.61. The number of hydrogen-bond acceptors (Lipinski definition) is 16. The van der Waals surface area contributed by atoms with Gasteiger partial charge in [-0.3, -0.25) is 47.9 Å². The Hall–Kier alpha value is -5.54. The molecule has 1 fully saturated rings. The molecule has 0 aromatic carbocycles. The number of hydrogen-bond donors (Lipinski definition) is 16. The van der Waals surface area contributed by atoms with Gasteiger partial charge in [-0.25, -0.2) is 0 Å². The molecule has 9 atom stereocenters. The van der Waals surface area contributed by atoms with Gasteiger partial charge >= 0.3 is 0 Å². The average Bonchev–Trinajstić information content (AvgIpc) is 3.32. The topological polar surface area (TPSA) is 436 Å². The van der Waals surface area contributed by atoms with Crippen molar-refractivity contribution in [2.75, 3.05) is 45.8 Å².